The Morgan fingerprint density at radius 2 is 1.61 bits per heavy atom. The number of nitrogens with zero attached hydrogens (tertiary/aromatic N) is 1. The Morgan fingerprint density at radius 1 is 1.03 bits per heavy atom. The van der Waals surface area contributed by atoms with Crippen molar-refractivity contribution in [2.75, 3.05) is 26.7 Å². The van der Waals surface area contributed by atoms with Crippen LogP contribution in [0.4, 0.5) is 4.79 Å². The van der Waals surface area contributed by atoms with E-state index >= 15 is 0 Å². The third-order valence-electron chi connectivity index (χ3n) is 5.51. The first-order valence-electron chi connectivity index (χ1n) is 10.6. The quantitative estimate of drug-likeness (QED) is 0.533. The summed E-state index contributed by atoms with van der Waals surface area (Å²) in [6.45, 7) is 1.78. The van der Waals surface area contributed by atoms with Crippen LogP contribution in [0, 0.1) is 0 Å². The van der Waals surface area contributed by atoms with Gasteiger partial charge in [0.1, 0.15) is 12.6 Å². The molecule has 0 aliphatic heterocycles. The molecule has 3 rings (SSSR count). The van der Waals surface area contributed by atoms with E-state index in [4.69, 9.17) is 4.74 Å². The van der Waals surface area contributed by atoms with E-state index in [1.807, 2.05) is 48.5 Å². The predicted octanol–water partition coefficient (Wildman–Crippen LogP) is 1.96. The molecule has 0 heterocycles. The molecule has 9 heteroatoms. The number of ether oxygens (including phenoxy) is 1. The Labute approximate surface area is 191 Å². The normalized spacial score (nSPS) is 12.8. The van der Waals surface area contributed by atoms with Crippen molar-refractivity contribution in [3.8, 4) is 11.1 Å². The lowest BCUT2D eigenvalue weighted by Gasteiger charge is -2.24. The van der Waals surface area contributed by atoms with Crippen molar-refractivity contribution in [3.63, 3.8) is 0 Å². The van der Waals surface area contributed by atoms with Gasteiger partial charge in [0.05, 0.1) is 6.42 Å². The molecule has 1 aliphatic rings. The van der Waals surface area contributed by atoms with E-state index in [9.17, 15) is 24.3 Å². The first-order valence-corrected chi connectivity index (χ1v) is 10.6. The average molecular weight is 453 g/mol. The lowest BCUT2D eigenvalue weighted by Crippen LogP contribution is -2.50. The molecule has 3 N–H and O–H groups in total. The summed E-state index contributed by atoms with van der Waals surface area (Å²) < 4.78 is 5.42. The molecule has 9 nitrogen and oxygen atoms in total. The smallest absolute Gasteiger partial charge is 0.407 e. The number of hydrogen-bond acceptors (Lipinski definition) is 5. The topological polar surface area (TPSA) is 125 Å². The zero-order chi connectivity index (χ0) is 24.0. The van der Waals surface area contributed by atoms with Crippen LogP contribution >= 0.6 is 0 Å². The van der Waals surface area contributed by atoms with Gasteiger partial charge in [-0.1, -0.05) is 48.5 Å². The Bertz CT molecular complexity index is 1010. The molecule has 0 saturated heterocycles. The summed E-state index contributed by atoms with van der Waals surface area (Å²) in [7, 11) is 1.47. The van der Waals surface area contributed by atoms with Crippen molar-refractivity contribution in [1.29, 1.82) is 0 Å². The molecule has 0 aromatic heterocycles. The summed E-state index contributed by atoms with van der Waals surface area (Å²) in [5.74, 6) is -2.22. The van der Waals surface area contributed by atoms with Crippen LogP contribution < -0.4 is 10.6 Å². The number of rotatable bonds is 9. The fourth-order valence-electron chi connectivity index (χ4n) is 3.93. The lowest BCUT2D eigenvalue weighted by atomic mass is 9.98. The molecular formula is C24H27N3O6. The van der Waals surface area contributed by atoms with Crippen molar-refractivity contribution in [3.05, 3.63) is 59.7 Å². The molecule has 33 heavy (non-hydrogen) atoms. The third kappa shape index (κ3) is 5.88. The zero-order valence-electron chi connectivity index (χ0n) is 18.5. The fourth-order valence-corrected chi connectivity index (χ4v) is 3.93. The van der Waals surface area contributed by atoms with Gasteiger partial charge in [-0.3, -0.25) is 14.4 Å². The van der Waals surface area contributed by atoms with Gasteiger partial charge in [0.25, 0.3) is 0 Å². The Hall–Kier alpha value is -3.88. The molecule has 2 aromatic carbocycles. The largest absolute Gasteiger partial charge is 0.481 e. The van der Waals surface area contributed by atoms with Gasteiger partial charge in [-0.25, -0.2) is 4.79 Å². The molecule has 2 aromatic rings. The van der Waals surface area contributed by atoms with Crippen LogP contribution in [0.15, 0.2) is 48.5 Å². The number of alkyl carbamates (subject to hydrolysis) is 1. The van der Waals surface area contributed by atoms with E-state index < -0.39 is 30.4 Å². The molecule has 0 saturated carbocycles. The average Bonchev–Trinajstić information content (AvgIpc) is 3.10. The van der Waals surface area contributed by atoms with E-state index in [0.29, 0.717) is 0 Å². The van der Waals surface area contributed by atoms with Crippen LogP contribution in [0.25, 0.3) is 11.1 Å². The van der Waals surface area contributed by atoms with Gasteiger partial charge in [0.15, 0.2) is 0 Å². The second kappa shape index (κ2) is 10.6. The van der Waals surface area contributed by atoms with Crippen molar-refractivity contribution >= 4 is 23.9 Å². The highest BCUT2D eigenvalue weighted by atomic mass is 16.5. The van der Waals surface area contributed by atoms with Crippen molar-refractivity contribution in [2.24, 2.45) is 0 Å². The number of amides is 3. The van der Waals surface area contributed by atoms with Crippen molar-refractivity contribution < 1.29 is 29.0 Å². The van der Waals surface area contributed by atoms with E-state index in [-0.39, 0.29) is 31.5 Å². The highest BCUT2D eigenvalue weighted by molar-refractivity contribution is 5.89. The first kappa shape index (κ1) is 23.8. The molecule has 1 atom stereocenters. The molecule has 1 unspecified atom stereocenters. The molecule has 0 fully saturated rings. The molecule has 3 amide bonds. The molecule has 1 aliphatic carbocycles. The monoisotopic (exact) mass is 453 g/mol. The van der Waals surface area contributed by atoms with Crippen molar-refractivity contribution in [1.82, 2.24) is 15.5 Å². The molecule has 0 radical (unpaired) electrons. The number of aliphatic carboxylic acids is 1. The Kier molecular flexibility index (Phi) is 7.66. The Balaban J connectivity index is 1.63. The minimum Gasteiger partial charge on any atom is -0.481 e. The maximum atomic E-state index is 12.7. The van der Waals surface area contributed by atoms with E-state index in [2.05, 4.69) is 10.6 Å². The minimum absolute atomic E-state index is 0.0478. The minimum atomic E-state index is -1.29. The number of carbonyl (C=O) groups excluding carboxylic acids is 3. The summed E-state index contributed by atoms with van der Waals surface area (Å²) in [5.41, 5.74) is 4.26. The Morgan fingerprint density at radius 3 is 2.15 bits per heavy atom. The summed E-state index contributed by atoms with van der Waals surface area (Å²) >= 11 is 0. The van der Waals surface area contributed by atoms with Crippen LogP contribution in [0.2, 0.25) is 0 Å². The van der Waals surface area contributed by atoms with Gasteiger partial charge in [-0.2, -0.15) is 0 Å². The van der Waals surface area contributed by atoms with Crippen LogP contribution in [0.5, 0.6) is 0 Å². The third-order valence-corrected chi connectivity index (χ3v) is 5.51. The summed E-state index contributed by atoms with van der Waals surface area (Å²) in [6.07, 6.45) is -1.46. The van der Waals surface area contributed by atoms with Crippen LogP contribution in [-0.4, -0.2) is 66.7 Å². The van der Waals surface area contributed by atoms with Gasteiger partial charge >= 0.3 is 12.1 Å². The highest BCUT2D eigenvalue weighted by Crippen LogP contribution is 2.44. The van der Waals surface area contributed by atoms with Crippen LogP contribution in [0.3, 0.4) is 0 Å². The first-order chi connectivity index (χ1) is 15.8. The fraction of sp³-hybridized carbons (Fsp3) is 0.333. The maximum absolute atomic E-state index is 12.7. The van der Waals surface area contributed by atoms with Gasteiger partial charge in [0, 0.05) is 33.0 Å². The van der Waals surface area contributed by atoms with Crippen molar-refractivity contribution in [2.45, 2.75) is 25.3 Å². The summed E-state index contributed by atoms with van der Waals surface area (Å²) in [5, 5.41) is 14.1. The maximum Gasteiger partial charge on any atom is 0.407 e. The second-order valence-electron chi connectivity index (χ2n) is 7.86. The number of carbonyl (C=O) groups is 4. The zero-order valence-corrected chi connectivity index (χ0v) is 18.5. The number of carboxylic acid groups (broad SMARTS) is 1. The number of carboxylic acids is 1. The van der Waals surface area contributed by atoms with E-state index in [1.54, 1.807) is 0 Å². The number of fused-ring (bicyclic) bond motifs is 3. The van der Waals surface area contributed by atoms with Crippen LogP contribution in [-0.2, 0) is 19.1 Å². The number of nitrogens with one attached hydrogen (secondary N) is 2. The van der Waals surface area contributed by atoms with Gasteiger partial charge in [0.2, 0.25) is 11.8 Å². The van der Waals surface area contributed by atoms with E-state index in [1.165, 1.54) is 18.9 Å². The highest BCUT2D eigenvalue weighted by Gasteiger charge is 2.31. The number of hydrogen-bond donors (Lipinski definition) is 3. The van der Waals surface area contributed by atoms with Crippen LogP contribution in [0.1, 0.15) is 30.4 Å². The SMILES string of the molecule is CC(=O)NCCN(C)C(=O)C(CC(=O)O)NC(=O)OCC1c2ccccc2-c2ccccc21. The molecule has 0 spiro atoms. The van der Waals surface area contributed by atoms with E-state index in [0.717, 1.165) is 22.3 Å². The standard InChI is InChI=1S/C24H27N3O6/c1-15(28)25-11-12-27(2)23(31)21(13-22(29)30)26-24(32)33-14-20-18-9-5-3-7-16(18)17-8-4-6-10-19(17)20/h3-10,20-21H,11-14H2,1-2H3,(H,25,28)(H,26,32)(H,29,30). The molecule has 174 valence electrons. The predicted molar refractivity (Wildman–Crippen MR) is 121 cm³/mol. The number of benzene rings is 2. The molecular weight excluding hydrogens is 426 g/mol. The molecule has 0 bridgehead atoms. The second-order valence-corrected chi connectivity index (χ2v) is 7.86. The summed E-state index contributed by atoms with van der Waals surface area (Å²) in [4.78, 5) is 48.6. The number of likely N-dealkylation sites (N-methyl/N-ethyl adjacent to an activating group) is 1. The van der Waals surface area contributed by atoms with Gasteiger partial charge in [-0.05, 0) is 22.3 Å². The summed E-state index contributed by atoms with van der Waals surface area (Å²) in [6, 6.07) is 14.5. The van der Waals surface area contributed by atoms with Gasteiger partial charge < -0.3 is 25.4 Å². The lowest BCUT2D eigenvalue weighted by molar-refractivity contribution is -0.142. The van der Waals surface area contributed by atoms with Gasteiger partial charge in [-0.15, -0.1) is 0 Å².